The molecule has 0 spiro atoms. The maximum absolute atomic E-state index is 5.70. The number of rotatable bonds is 4. The topological polar surface area (TPSA) is 80.0 Å². The zero-order valence-electron chi connectivity index (χ0n) is 17.0. The average Bonchev–Trinajstić information content (AvgIpc) is 3.40. The molecule has 0 atom stereocenters. The predicted octanol–water partition coefficient (Wildman–Crippen LogP) is 1.81. The third-order valence-electron chi connectivity index (χ3n) is 6.25. The lowest BCUT2D eigenvalue weighted by molar-refractivity contribution is 0.0777. The van der Waals surface area contributed by atoms with Crippen molar-refractivity contribution < 1.29 is 14.0 Å². The van der Waals surface area contributed by atoms with Crippen LogP contribution in [0.2, 0.25) is 0 Å². The average molecular weight is 408 g/mol. The lowest BCUT2D eigenvalue weighted by Gasteiger charge is -2.39. The van der Waals surface area contributed by atoms with Gasteiger partial charge in [-0.05, 0) is 12.1 Å². The van der Waals surface area contributed by atoms with Crippen molar-refractivity contribution in [3.05, 3.63) is 35.5 Å². The molecule has 3 aliphatic heterocycles. The summed E-state index contributed by atoms with van der Waals surface area (Å²) >= 11 is 0. The normalized spacial score (nSPS) is 19.4. The molecule has 9 heteroatoms. The largest absolute Gasteiger partial charge is 0.378 e. The van der Waals surface area contributed by atoms with Crippen molar-refractivity contribution in [2.45, 2.75) is 19.3 Å². The van der Waals surface area contributed by atoms with E-state index in [4.69, 9.17) is 24.0 Å². The van der Waals surface area contributed by atoms with E-state index in [1.807, 2.05) is 18.2 Å². The van der Waals surface area contributed by atoms with Crippen molar-refractivity contribution in [3.8, 4) is 0 Å². The Morgan fingerprint density at radius 3 is 2.50 bits per heavy atom. The summed E-state index contributed by atoms with van der Waals surface area (Å²) in [6.07, 6.45) is 0.266. The van der Waals surface area contributed by atoms with Gasteiger partial charge in [0, 0.05) is 51.9 Å². The van der Waals surface area contributed by atoms with Crippen molar-refractivity contribution >= 4 is 28.6 Å². The van der Waals surface area contributed by atoms with Gasteiger partial charge in [0.2, 0.25) is 5.95 Å². The number of aromatic nitrogens is 3. The third kappa shape index (κ3) is 2.88. The summed E-state index contributed by atoms with van der Waals surface area (Å²) in [5.41, 5.74) is 2.97. The number of hydrogen-bond acceptors (Lipinski definition) is 9. The van der Waals surface area contributed by atoms with Gasteiger partial charge in [-0.25, -0.2) is 4.98 Å². The Bertz CT molecular complexity index is 1070. The lowest BCUT2D eigenvalue weighted by Crippen LogP contribution is -2.53. The van der Waals surface area contributed by atoms with Gasteiger partial charge in [-0.2, -0.15) is 4.98 Å². The number of nitrogens with zero attached hydrogens (tertiary/aromatic N) is 6. The van der Waals surface area contributed by atoms with E-state index in [-0.39, 0.29) is 6.10 Å². The maximum atomic E-state index is 5.70. The molecule has 2 aromatic heterocycles. The SMILES string of the molecule is COC1CN(c2nc3c(c(N4CCN(c5noc6ccccc56)CC4)n2)COC3)C1. The number of piperazine rings is 1. The number of anilines is 3. The first-order valence-electron chi connectivity index (χ1n) is 10.4. The second kappa shape index (κ2) is 7.10. The zero-order valence-corrected chi connectivity index (χ0v) is 17.0. The van der Waals surface area contributed by atoms with Crippen LogP contribution in [-0.2, 0) is 22.7 Å². The Hall–Kier alpha value is -2.91. The third-order valence-corrected chi connectivity index (χ3v) is 6.25. The summed E-state index contributed by atoms with van der Waals surface area (Å²) in [6, 6.07) is 8.01. The minimum atomic E-state index is 0.266. The maximum Gasteiger partial charge on any atom is 0.227 e. The van der Waals surface area contributed by atoms with Crippen LogP contribution in [-0.4, -0.2) is 67.6 Å². The van der Waals surface area contributed by atoms with Crippen LogP contribution in [0.5, 0.6) is 0 Å². The Morgan fingerprint density at radius 2 is 1.70 bits per heavy atom. The summed E-state index contributed by atoms with van der Waals surface area (Å²) < 4.78 is 16.6. The molecule has 2 fully saturated rings. The van der Waals surface area contributed by atoms with Crippen LogP contribution < -0.4 is 14.7 Å². The first-order chi connectivity index (χ1) is 14.8. The highest BCUT2D eigenvalue weighted by Gasteiger charge is 2.32. The predicted molar refractivity (Wildman–Crippen MR) is 112 cm³/mol. The Balaban J connectivity index is 1.23. The standard InChI is InChI=1S/C21H24N6O3/c1-28-14-10-27(11-14)21-22-17-13-29-12-16(17)19(23-21)25-6-8-26(9-7-25)20-15-4-2-3-5-18(15)30-24-20/h2-5,14H,6-13H2,1H3. The van der Waals surface area contributed by atoms with E-state index < -0.39 is 0 Å². The first kappa shape index (κ1) is 17.9. The van der Waals surface area contributed by atoms with Gasteiger partial charge in [-0.15, -0.1) is 0 Å². The van der Waals surface area contributed by atoms with E-state index in [1.165, 1.54) is 0 Å². The van der Waals surface area contributed by atoms with E-state index in [1.54, 1.807) is 7.11 Å². The van der Waals surface area contributed by atoms with E-state index in [2.05, 4.69) is 25.9 Å². The molecule has 1 aromatic carbocycles. The second-order valence-corrected chi connectivity index (χ2v) is 8.00. The molecule has 0 bridgehead atoms. The number of ether oxygens (including phenoxy) is 2. The monoisotopic (exact) mass is 408 g/mol. The van der Waals surface area contributed by atoms with Gasteiger partial charge in [-0.1, -0.05) is 17.3 Å². The van der Waals surface area contributed by atoms with Gasteiger partial charge in [0.1, 0.15) is 5.82 Å². The van der Waals surface area contributed by atoms with Crippen LogP contribution in [0.3, 0.4) is 0 Å². The van der Waals surface area contributed by atoms with Crippen LogP contribution >= 0.6 is 0 Å². The molecule has 156 valence electrons. The highest BCUT2D eigenvalue weighted by molar-refractivity contribution is 5.88. The second-order valence-electron chi connectivity index (χ2n) is 8.00. The van der Waals surface area contributed by atoms with Crippen molar-refractivity contribution in [3.63, 3.8) is 0 Å². The summed E-state index contributed by atoms with van der Waals surface area (Å²) in [7, 11) is 1.75. The van der Waals surface area contributed by atoms with Gasteiger partial charge in [0.25, 0.3) is 0 Å². The summed E-state index contributed by atoms with van der Waals surface area (Å²) in [5.74, 6) is 2.72. The summed E-state index contributed by atoms with van der Waals surface area (Å²) in [5, 5.41) is 5.38. The number of benzene rings is 1. The molecule has 9 nitrogen and oxygen atoms in total. The number of fused-ring (bicyclic) bond motifs is 2. The molecule has 0 radical (unpaired) electrons. The van der Waals surface area contributed by atoms with Crippen LogP contribution in [0.1, 0.15) is 11.3 Å². The first-order valence-corrected chi connectivity index (χ1v) is 10.4. The summed E-state index contributed by atoms with van der Waals surface area (Å²) in [6.45, 7) is 6.27. The molecule has 30 heavy (non-hydrogen) atoms. The molecule has 0 N–H and O–H groups in total. The Labute approximate surface area is 174 Å². The van der Waals surface area contributed by atoms with Gasteiger partial charge in [0.05, 0.1) is 30.4 Å². The van der Waals surface area contributed by atoms with Crippen molar-refractivity contribution in [1.82, 2.24) is 15.1 Å². The number of hydrogen-bond donors (Lipinski definition) is 0. The van der Waals surface area contributed by atoms with Crippen LogP contribution in [0.15, 0.2) is 28.8 Å². The summed E-state index contributed by atoms with van der Waals surface area (Å²) in [4.78, 5) is 16.5. The van der Waals surface area contributed by atoms with Gasteiger partial charge >= 0.3 is 0 Å². The molecular formula is C21H24N6O3. The van der Waals surface area contributed by atoms with E-state index in [0.29, 0.717) is 13.2 Å². The van der Waals surface area contributed by atoms with Crippen LogP contribution in [0, 0.1) is 0 Å². The van der Waals surface area contributed by atoms with E-state index >= 15 is 0 Å². The fourth-order valence-corrected chi connectivity index (χ4v) is 4.41. The van der Waals surface area contributed by atoms with E-state index in [0.717, 1.165) is 79.1 Å². The Morgan fingerprint density at radius 1 is 0.933 bits per heavy atom. The van der Waals surface area contributed by atoms with Gasteiger partial charge in [-0.3, -0.25) is 0 Å². The fraction of sp³-hybridized carbons (Fsp3) is 0.476. The van der Waals surface area contributed by atoms with Crippen molar-refractivity contribution in [2.75, 3.05) is 61.1 Å². The molecule has 2 saturated heterocycles. The minimum Gasteiger partial charge on any atom is -0.378 e. The molecule has 0 aliphatic carbocycles. The van der Waals surface area contributed by atoms with E-state index in [9.17, 15) is 0 Å². The molecular weight excluding hydrogens is 384 g/mol. The lowest BCUT2D eigenvalue weighted by atomic mass is 10.1. The molecule has 0 amide bonds. The molecule has 0 saturated carbocycles. The Kier molecular flexibility index (Phi) is 4.24. The number of para-hydroxylation sites is 1. The van der Waals surface area contributed by atoms with Crippen molar-refractivity contribution in [2.24, 2.45) is 0 Å². The van der Waals surface area contributed by atoms with Crippen molar-refractivity contribution in [1.29, 1.82) is 0 Å². The van der Waals surface area contributed by atoms with Crippen LogP contribution in [0.25, 0.3) is 11.0 Å². The molecule has 5 heterocycles. The number of methoxy groups -OCH3 is 1. The molecule has 0 unspecified atom stereocenters. The minimum absolute atomic E-state index is 0.266. The zero-order chi connectivity index (χ0) is 20.1. The highest BCUT2D eigenvalue weighted by Crippen LogP contribution is 2.33. The van der Waals surface area contributed by atoms with Gasteiger partial charge in [0.15, 0.2) is 11.4 Å². The molecule has 6 rings (SSSR count). The van der Waals surface area contributed by atoms with Gasteiger partial charge < -0.3 is 28.7 Å². The van der Waals surface area contributed by atoms with Crippen LogP contribution in [0.4, 0.5) is 17.6 Å². The smallest absolute Gasteiger partial charge is 0.227 e. The molecule has 3 aromatic rings. The quantitative estimate of drug-likeness (QED) is 0.642. The fourth-order valence-electron chi connectivity index (χ4n) is 4.41. The highest BCUT2D eigenvalue weighted by atomic mass is 16.5. The molecule has 3 aliphatic rings.